The number of nitrogens with one attached hydrogen (secondary N) is 1. The van der Waals surface area contributed by atoms with Crippen LogP contribution in [-0.4, -0.2) is 45.6 Å². The average Bonchev–Trinajstić information content (AvgIpc) is 3.13. The standard InChI is InChI=1S/C26H28F3N5O5/c1-5-37-23(35)22-20(30)21(17-7-6-14(27)12-31-17)33-34(22)13-26(32-24(36)39-25(2,3)4)8-9-38-18-11-15(28)10-16(29)19(18)26/h6-7,10-12H,5,8-9,13,30H2,1-4H3,(H,32,36)/t26-/m0/s1. The average molecular weight is 548 g/mol. The lowest BCUT2D eigenvalue weighted by Crippen LogP contribution is -2.53. The number of halogens is 3. The number of rotatable bonds is 6. The van der Waals surface area contributed by atoms with Gasteiger partial charge in [-0.25, -0.2) is 22.8 Å². The monoisotopic (exact) mass is 547 g/mol. The number of carbonyl (C=O) groups excluding carboxylic acids is 2. The van der Waals surface area contributed by atoms with Gasteiger partial charge in [0.2, 0.25) is 0 Å². The Labute approximate surface area is 222 Å². The molecule has 1 aliphatic rings. The van der Waals surface area contributed by atoms with Crippen molar-refractivity contribution in [3.63, 3.8) is 0 Å². The van der Waals surface area contributed by atoms with Crippen molar-refractivity contribution in [3.05, 3.63) is 59.2 Å². The van der Waals surface area contributed by atoms with E-state index in [4.69, 9.17) is 19.9 Å². The van der Waals surface area contributed by atoms with Crippen LogP contribution in [0.15, 0.2) is 30.5 Å². The van der Waals surface area contributed by atoms with Gasteiger partial charge < -0.3 is 25.3 Å². The Bertz CT molecular complexity index is 1400. The van der Waals surface area contributed by atoms with Crippen molar-refractivity contribution >= 4 is 17.7 Å². The highest BCUT2D eigenvalue weighted by atomic mass is 19.1. The molecule has 0 aliphatic carbocycles. The first-order valence-corrected chi connectivity index (χ1v) is 12.1. The lowest BCUT2D eigenvalue weighted by Gasteiger charge is -2.40. The topological polar surface area (TPSA) is 131 Å². The minimum absolute atomic E-state index is 0.00600. The van der Waals surface area contributed by atoms with Crippen LogP contribution in [0, 0.1) is 17.5 Å². The molecular weight excluding hydrogens is 519 g/mol. The van der Waals surface area contributed by atoms with Gasteiger partial charge >= 0.3 is 12.1 Å². The molecule has 0 radical (unpaired) electrons. The predicted molar refractivity (Wildman–Crippen MR) is 133 cm³/mol. The molecule has 4 rings (SSSR count). The van der Waals surface area contributed by atoms with E-state index in [2.05, 4.69) is 15.4 Å². The van der Waals surface area contributed by atoms with Crippen LogP contribution >= 0.6 is 0 Å². The number of nitrogens with two attached hydrogens (primary N) is 1. The number of anilines is 1. The second kappa shape index (κ2) is 10.5. The first-order chi connectivity index (χ1) is 18.3. The van der Waals surface area contributed by atoms with Gasteiger partial charge in [-0.15, -0.1) is 0 Å². The smallest absolute Gasteiger partial charge is 0.408 e. The number of alkyl carbamates (subject to hydrolysis) is 1. The van der Waals surface area contributed by atoms with Crippen molar-refractivity contribution in [3.8, 4) is 17.1 Å². The summed E-state index contributed by atoms with van der Waals surface area (Å²) in [6, 6.07) is 4.14. The summed E-state index contributed by atoms with van der Waals surface area (Å²) in [5.74, 6) is -3.42. The molecule has 0 unspecified atom stereocenters. The maximum Gasteiger partial charge on any atom is 0.408 e. The van der Waals surface area contributed by atoms with Gasteiger partial charge in [-0.3, -0.25) is 9.67 Å². The highest BCUT2D eigenvalue weighted by Crippen LogP contribution is 2.42. The van der Waals surface area contributed by atoms with E-state index < -0.39 is 40.7 Å². The molecule has 208 valence electrons. The molecular formula is C26H28F3N5O5. The SMILES string of the molecule is CCOC(=O)c1c(N)c(-c2ccc(F)cn2)nn1C[C@@]1(NC(=O)OC(C)(C)C)CCOc2cc(F)cc(F)c21. The fourth-order valence-corrected chi connectivity index (χ4v) is 4.38. The van der Waals surface area contributed by atoms with Gasteiger partial charge in [0.25, 0.3) is 0 Å². The van der Waals surface area contributed by atoms with Crippen LogP contribution in [0.2, 0.25) is 0 Å². The van der Waals surface area contributed by atoms with Crippen LogP contribution < -0.4 is 15.8 Å². The Morgan fingerprint density at radius 3 is 2.59 bits per heavy atom. The third-order valence-corrected chi connectivity index (χ3v) is 5.87. The van der Waals surface area contributed by atoms with E-state index in [9.17, 15) is 18.4 Å². The number of carbonyl (C=O) groups is 2. The van der Waals surface area contributed by atoms with Gasteiger partial charge in [0.05, 0.1) is 48.4 Å². The minimum atomic E-state index is -1.62. The van der Waals surface area contributed by atoms with Crippen LogP contribution in [0.1, 0.15) is 50.2 Å². The molecule has 1 amide bonds. The van der Waals surface area contributed by atoms with Crippen molar-refractivity contribution < 1.29 is 37.0 Å². The number of amides is 1. The number of nitrogens with zero attached hydrogens (tertiary/aromatic N) is 3. The summed E-state index contributed by atoms with van der Waals surface area (Å²) in [5, 5.41) is 7.14. The van der Waals surface area contributed by atoms with Crippen molar-refractivity contribution in [1.29, 1.82) is 0 Å². The van der Waals surface area contributed by atoms with Gasteiger partial charge in [-0.1, -0.05) is 0 Å². The van der Waals surface area contributed by atoms with E-state index in [1.165, 1.54) is 6.07 Å². The molecule has 1 atom stereocenters. The third-order valence-electron chi connectivity index (χ3n) is 5.87. The van der Waals surface area contributed by atoms with E-state index in [1.807, 2.05) is 0 Å². The number of esters is 1. The van der Waals surface area contributed by atoms with Crippen molar-refractivity contribution in [2.45, 2.75) is 51.8 Å². The van der Waals surface area contributed by atoms with E-state index in [-0.39, 0.29) is 60.3 Å². The number of nitrogen functional groups attached to an aromatic ring is 1. The largest absolute Gasteiger partial charge is 0.493 e. The lowest BCUT2D eigenvalue weighted by atomic mass is 9.83. The van der Waals surface area contributed by atoms with Crippen molar-refractivity contribution in [2.24, 2.45) is 0 Å². The maximum atomic E-state index is 15.4. The summed E-state index contributed by atoms with van der Waals surface area (Å²) in [6.45, 7) is 6.18. The molecule has 10 nitrogen and oxygen atoms in total. The van der Waals surface area contributed by atoms with Gasteiger partial charge in [-0.2, -0.15) is 5.10 Å². The van der Waals surface area contributed by atoms with E-state index in [0.717, 1.165) is 23.0 Å². The van der Waals surface area contributed by atoms with Crippen LogP contribution in [0.25, 0.3) is 11.4 Å². The molecule has 3 aromatic rings. The zero-order chi connectivity index (χ0) is 28.5. The second-order valence-corrected chi connectivity index (χ2v) is 9.92. The summed E-state index contributed by atoms with van der Waals surface area (Å²) in [4.78, 5) is 30.0. The first kappa shape index (κ1) is 27.7. The van der Waals surface area contributed by atoms with Crippen molar-refractivity contribution in [1.82, 2.24) is 20.1 Å². The second-order valence-electron chi connectivity index (χ2n) is 9.92. The number of fused-ring (bicyclic) bond motifs is 1. The molecule has 0 saturated heterocycles. The summed E-state index contributed by atoms with van der Waals surface area (Å²) >= 11 is 0. The Morgan fingerprint density at radius 1 is 1.21 bits per heavy atom. The molecule has 13 heteroatoms. The minimum Gasteiger partial charge on any atom is -0.493 e. The molecule has 2 aromatic heterocycles. The fraction of sp³-hybridized carbons (Fsp3) is 0.385. The summed E-state index contributed by atoms with van der Waals surface area (Å²) in [6.07, 6.45) is 0.0630. The highest BCUT2D eigenvalue weighted by Gasteiger charge is 2.45. The fourth-order valence-electron chi connectivity index (χ4n) is 4.38. The molecule has 0 saturated carbocycles. The van der Waals surface area contributed by atoms with Crippen LogP contribution in [-0.2, 0) is 21.6 Å². The number of hydrogen-bond donors (Lipinski definition) is 2. The highest BCUT2D eigenvalue weighted by molar-refractivity contribution is 5.97. The number of hydrogen-bond acceptors (Lipinski definition) is 8. The zero-order valence-corrected chi connectivity index (χ0v) is 21.8. The third kappa shape index (κ3) is 5.76. The molecule has 0 bridgehead atoms. The van der Waals surface area contributed by atoms with E-state index >= 15 is 4.39 Å². The molecule has 3 N–H and O–H groups in total. The molecule has 0 spiro atoms. The molecule has 1 aliphatic heterocycles. The molecule has 0 fully saturated rings. The zero-order valence-electron chi connectivity index (χ0n) is 21.8. The van der Waals surface area contributed by atoms with Gasteiger partial charge in [0, 0.05) is 18.6 Å². The van der Waals surface area contributed by atoms with E-state index in [0.29, 0.717) is 6.07 Å². The number of aromatic nitrogens is 3. The number of benzene rings is 1. The number of ether oxygens (including phenoxy) is 3. The summed E-state index contributed by atoms with van der Waals surface area (Å²) < 4.78 is 60.3. The van der Waals surface area contributed by atoms with Gasteiger partial charge in [0.1, 0.15) is 34.5 Å². The normalized spacial score (nSPS) is 16.7. The Hall–Kier alpha value is -4.29. The Morgan fingerprint density at radius 2 is 1.95 bits per heavy atom. The summed E-state index contributed by atoms with van der Waals surface area (Å²) in [7, 11) is 0. The van der Waals surface area contributed by atoms with Gasteiger partial charge in [0.15, 0.2) is 5.69 Å². The number of pyridine rings is 1. The van der Waals surface area contributed by atoms with Crippen LogP contribution in [0.4, 0.5) is 23.7 Å². The maximum absolute atomic E-state index is 15.4. The predicted octanol–water partition coefficient (Wildman–Crippen LogP) is 4.32. The van der Waals surface area contributed by atoms with Crippen LogP contribution in [0.5, 0.6) is 5.75 Å². The van der Waals surface area contributed by atoms with Gasteiger partial charge in [-0.05, 0) is 39.8 Å². The molecule has 3 heterocycles. The van der Waals surface area contributed by atoms with Crippen LogP contribution in [0.3, 0.4) is 0 Å². The molecule has 1 aromatic carbocycles. The quantitative estimate of drug-likeness (QED) is 0.437. The first-order valence-electron chi connectivity index (χ1n) is 12.1. The van der Waals surface area contributed by atoms with Crippen molar-refractivity contribution in [2.75, 3.05) is 18.9 Å². The lowest BCUT2D eigenvalue weighted by molar-refractivity contribution is 0.0384. The molecule has 39 heavy (non-hydrogen) atoms. The Kier molecular flexibility index (Phi) is 7.44. The Balaban J connectivity index is 1.90. The summed E-state index contributed by atoms with van der Waals surface area (Å²) in [5.41, 5.74) is 3.51. The van der Waals surface area contributed by atoms with E-state index in [1.54, 1.807) is 27.7 Å².